The first-order valence-corrected chi connectivity index (χ1v) is 3.15. The first-order chi connectivity index (χ1) is 5.42. The molecule has 2 aromatic heterocycles. The lowest BCUT2D eigenvalue weighted by molar-refractivity contribution is 0.112. The summed E-state index contributed by atoms with van der Waals surface area (Å²) in [6.07, 6.45) is 3.88. The molecule has 0 amide bonds. The maximum Gasteiger partial charge on any atom is 0.169 e. The number of aldehydes is 1. The number of pyridine rings is 1. The predicted molar refractivity (Wildman–Crippen MR) is 46.5 cm³/mol. The Bertz CT molecular complexity index is 398. The maximum absolute atomic E-state index is 10.4. The van der Waals surface area contributed by atoms with Gasteiger partial charge in [-0.2, -0.15) is 5.10 Å². The fourth-order valence-corrected chi connectivity index (χ4v) is 0.983. The smallest absolute Gasteiger partial charge is 0.169 e. The minimum absolute atomic E-state index is 0. The van der Waals surface area contributed by atoms with Gasteiger partial charge in [0, 0.05) is 11.6 Å². The molecule has 0 saturated heterocycles. The lowest BCUT2D eigenvalue weighted by atomic mass is 10.2. The Labute approximate surface area is 74.4 Å². The highest BCUT2D eigenvalue weighted by Gasteiger charge is 2.00. The zero-order chi connectivity index (χ0) is 7.68. The van der Waals surface area contributed by atoms with Crippen molar-refractivity contribution < 1.29 is 4.79 Å². The Kier molecular flexibility index (Phi) is 2.40. The lowest BCUT2D eigenvalue weighted by Crippen LogP contribution is -1.85. The number of hydrogen-bond donors (Lipinski definition) is 1. The zero-order valence-electron chi connectivity index (χ0n) is 6.02. The van der Waals surface area contributed by atoms with E-state index in [1.807, 2.05) is 0 Å². The summed E-state index contributed by atoms with van der Waals surface area (Å²) in [7, 11) is 0. The molecule has 0 aliphatic heterocycles. The highest BCUT2D eigenvalue weighted by atomic mass is 35.5. The van der Waals surface area contributed by atoms with Crippen LogP contribution in [0.25, 0.3) is 10.9 Å². The number of aromatic amines is 1. The van der Waals surface area contributed by atoms with Crippen molar-refractivity contribution in [2.24, 2.45) is 0 Å². The zero-order valence-corrected chi connectivity index (χ0v) is 6.84. The topological polar surface area (TPSA) is 58.6 Å². The summed E-state index contributed by atoms with van der Waals surface area (Å²) in [5, 5.41) is 7.30. The fourth-order valence-electron chi connectivity index (χ4n) is 0.983. The number of H-pyrrole nitrogens is 1. The minimum atomic E-state index is 0. The van der Waals surface area contributed by atoms with Crippen molar-refractivity contribution >= 4 is 29.6 Å². The molecule has 62 valence electrons. The number of nitrogens with one attached hydrogen (secondary N) is 1. The summed E-state index contributed by atoms with van der Waals surface area (Å²) in [6, 6.07) is 1.77. The van der Waals surface area contributed by atoms with E-state index < -0.39 is 0 Å². The van der Waals surface area contributed by atoms with Gasteiger partial charge in [0.05, 0.1) is 11.7 Å². The van der Waals surface area contributed by atoms with Crippen molar-refractivity contribution in [3.63, 3.8) is 0 Å². The molecule has 0 fully saturated rings. The maximum atomic E-state index is 10.4. The molecule has 12 heavy (non-hydrogen) atoms. The van der Waals surface area contributed by atoms with Crippen LogP contribution < -0.4 is 0 Å². The third kappa shape index (κ3) is 1.16. The van der Waals surface area contributed by atoms with Crippen LogP contribution in [0.1, 0.15) is 10.5 Å². The summed E-state index contributed by atoms with van der Waals surface area (Å²) in [5.74, 6) is 0. The quantitative estimate of drug-likeness (QED) is 0.676. The summed E-state index contributed by atoms with van der Waals surface area (Å²) in [6.45, 7) is 0. The van der Waals surface area contributed by atoms with Gasteiger partial charge >= 0.3 is 0 Å². The van der Waals surface area contributed by atoms with E-state index in [-0.39, 0.29) is 12.4 Å². The molecule has 4 nitrogen and oxygen atoms in total. The Morgan fingerprint density at radius 3 is 3.08 bits per heavy atom. The van der Waals surface area contributed by atoms with Crippen LogP contribution in [-0.4, -0.2) is 21.5 Å². The molecular weight excluding hydrogens is 178 g/mol. The first-order valence-electron chi connectivity index (χ1n) is 3.15. The Morgan fingerprint density at radius 1 is 1.50 bits per heavy atom. The summed E-state index contributed by atoms with van der Waals surface area (Å²) in [5.41, 5.74) is 1.26. The summed E-state index contributed by atoms with van der Waals surface area (Å²) < 4.78 is 0. The van der Waals surface area contributed by atoms with E-state index in [4.69, 9.17) is 0 Å². The number of carbonyl (C=O) groups is 1. The molecule has 2 aromatic rings. The van der Waals surface area contributed by atoms with E-state index in [2.05, 4.69) is 15.2 Å². The average Bonchev–Trinajstić information content (AvgIpc) is 2.50. The van der Waals surface area contributed by atoms with Crippen LogP contribution in [-0.2, 0) is 0 Å². The van der Waals surface area contributed by atoms with Crippen molar-refractivity contribution in [2.75, 3.05) is 0 Å². The molecule has 0 aromatic carbocycles. The van der Waals surface area contributed by atoms with Crippen LogP contribution in [0.5, 0.6) is 0 Å². The molecule has 0 aliphatic carbocycles. The van der Waals surface area contributed by atoms with E-state index in [1.54, 1.807) is 18.5 Å². The van der Waals surface area contributed by atoms with Crippen LogP contribution in [0.2, 0.25) is 0 Å². The fraction of sp³-hybridized carbons (Fsp3) is 0. The number of carbonyl (C=O) groups excluding carboxylic acids is 1. The van der Waals surface area contributed by atoms with Crippen LogP contribution in [0.3, 0.4) is 0 Å². The number of hydrogen-bond acceptors (Lipinski definition) is 3. The standard InChI is InChI=1S/C7H5N3O.ClH/c11-4-7-5-3-9-10-6(5)1-2-8-7;/h1-4H,(H,9,10);1H. The predicted octanol–water partition coefficient (Wildman–Crippen LogP) is 1.19. The molecule has 0 radical (unpaired) electrons. The molecule has 5 heteroatoms. The number of aromatic nitrogens is 3. The first kappa shape index (κ1) is 8.67. The Morgan fingerprint density at radius 2 is 2.33 bits per heavy atom. The van der Waals surface area contributed by atoms with E-state index >= 15 is 0 Å². The van der Waals surface area contributed by atoms with Crippen molar-refractivity contribution in [1.29, 1.82) is 0 Å². The number of fused-ring (bicyclic) bond motifs is 1. The number of nitrogens with zero attached hydrogens (tertiary/aromatic N) is 2. The van der Waals surface area contributed by atoms with Gasteiger partial charge in [-0.05, 0) is 6.07 Å². The van der Waals surface area contributed by atoms with E-state index in [0.717, 1.165) is 17.2 Å². The number of halogens is 1. The van der Waals surface area contributed by atoms with Gasteiger partial charge < -0.3 is 0 Å². The van der Waals surface area contributed by atoms with Crippen LogP contribution >= 0.6 is 12.4 Å². The lowest BCUT2D eigenvalue weighted by Gasteiger charge is -1.89. The van der Waals surface area contributed by atoms with Crippen LogP contribution in [0, 0.1) is 0 Å². The average molecular weight is 184 g/mol. The molecule has 0 saturated carbocycles. The molecular formula is C7H6ClN3O. The van der Waals surface area contributed by atoms with Crippen LogP contribution in [0.15, 0.2) is 18.5 Å². The molecule has 0 spiro atoms. The van der Waals surface area contributed by atoms with Gasteiger partial charge in [0.15, 0.2) is 6.29 Å². The molecule has 0 aliphatic rings. The van der Waals surface area contributed by atoms with Gasteiger partial charge in [-0.1, -0.05) is 0 Å². The molecule has 2 heterocycles. The molecule has 0 atom stereocenters. The minimum Gasteiger partial charge on any atom is -0.296 e. The molecule has 0 bridgehead atoms. The highest BCUT2D eigenvalue weighted by molar-refractivity contribution is 5.93. The van der Waals surface area contributed by atoms with E-state index in [9.17, 15) is 4.79 Å². The summed E-state index contributed by atoms with van der Waals surface area (Å²) >= 11 is 0. The van der Waals surface area contributed by atoms with Crippen molar-refractivity contribution in [3.05, 3.63) is 24.2 Å². The van der Waals surface area contributed by atoms with Gasteiger partial charge in [0.2, 0.25) is 0 Å². The van der Waals surface area contributed by atoms with Gasteiger partial charge in [-0.3, -0.25) is 14.9 Å². The number of rotatable bonds is 1. The van der Waals surface area contributed by atoms with Gasteiger partial charge in [0.1, 0.15) is 5.69 Å². The third-order valence-corrected chi connectivity index (χ3v) is 1.51. The normalized spacial score (nSPS) is 9.33. The molecule has 2 rings (SSSR count). The monoisotopic (exact) mass is 183 g/mol. The van der Waals surface area contributed by atoms with Crippen molar-refractivity contribution in [1.82, 2.24) is 15.2 Å². The van der Waals surface area contributed by atoms with Gasteiger partial charge in [-0.15, -0.1) is 12.4 Å². The largest absolute Gasteiger partial charge is 0.296 e. The Balaban J connectivity index is 0.000000720. The molecule has 0 unspecified atom stereocenters. The second-order valence-electron chi connectivity index (χ2n) is 2.15. The van der Waals surface area contributed by atoms with Gasteiger partial charge in [-0.25, -0.2) is 0 Å². The third-order valence-electron chi connectivity index (χ3n) is 1.51. The van der Waals surface area contributed by atoms with Crippen molar-refractivity contribution in [2.45, 2.75) is 0 Å². The second-order valence-corrected chi connectivity index (χ2v) is 2.15. The molecule has 1 N–H and O–H groups in total. The second kappa shape index (κ2) is 3.32. The van der Waals surface area contributed by atoms with Crippen molar-refractivity contribution in [3.8, 4) is 0 Å². The van der Waals surface area contributed by atoms with Crippen LogP contribution in [0.4, 0.5) is 0 Å². The van der Waals surface area contributed by atoms with E-state index in [0.29, 0.717) is 5.69 Å². The highest BCUT2D eigenvalue weighted by Crippen LogP contribution is 2.10. The Hall–Kier alpha value is -1.42. The van der Waals surface area contributed by atoms with E-state index in [1.165, 1.54) is 0 Å². The van der Waals surface area contributed by atoms with Gasteiger partial charge in [0.25, 0.3) is 0 Å². The summed E-state index contributed by atoms with van der Waals surface area (Å²) in [4.78, 5) is 14.3. The SMILES string of the molecule is Cl.O=Cc1nccc2[nH]ncc12.